The van der Waals surface area contributed by atoms with Crippen molar-refractivity contribution < 1.29 is 0 Å². The zero-order valence-corrected chi connectivity index (χ0v) is 17.0. The maximum absolute atomic E-state index is 5.69. The highest BCUT2D eigenvalue weighted by Gasteiger charge is 2.22. The zero-order chi connectivity index (χ0) is 15.9. The van der Waals surface area contributed by atoms with Crippen LogP contribution in [0.4, 0.5) is 0 Å². The fourth-order valence-electron chi connectivity index (χ4n) is 4.26. The van der Waals surface area contributed by atoms with Gasteiger partial charge >= 0.3 is 0 Å². The fraction of sp³-hybridized carbons (Fsp3) is 0.700. The summed E-state index contributed by atoms with van der Waals surface area (Å²) < 4.78 is 0. The Hall–Kier alpha value is -0.320. The molecule has 0 aromatic heterocycles. The lowest BCUT2D eigenvalue weighted by atomic mass is 9.96. The first-order valence-corrected chi connectivity index (χ1v) is 9.56. The van der Waals surface area contributed by atoms with E-state index in [9.17, 15) is 0 Å². The van der Waals surface area contributed by atoms with Crippen molar-refractivity contribution in [1.82, 2.24) is 9.80 Å². The summed E-state index contributed by atoms with van der Waals surface area (Å²) in [5.41, 5.74) is 8.52. The standard InChI is InChI=1S/C20H33N3.2ClH/c21-10-9-18-6-4-7-19(14-18)15-23-13-5-8-20(17-23)16-22-11-2-1-3-12-22;;/h4,6-7,14,20H,1-3,5,8-13,15-17,21H2;2*1H. The minimum absolute atomic E-state index is 0. The van der Waals surface area contributed by atoms with Crippen LogP contribution in [0.3, 0.4) is 0 Å². The van der Waals surface area contributed by atoms with Crippen molar-refractivity contribution in [2.75, 3.05) is 39.3 Å². The fourth-order valence-corrected chi connectivity index (χ4v) is 4.26. The van der Waals surface area contributed by atoms with E-state index in [-0.39, 0.29) is 24.8 Å². The third kappa shape index (κ3) is 7.44. The molecule has 0 aliphatic carbocycles. The number of rotatable bonds is 6. The molecule has 5 heteroatoms. The van der Waals surface area contributed by atoms with Gasteiger partial charge in [0.1, 0.15) is 0 Å². The molecule has 0 radical (unpaired) electrons. The molecule has 1 atom stereocenters. The highest BCUT2D eigenvalue weighted by Crippen LogP contribution is 2.21. The van der Waals surface area contributed by atoms with Crippen LogP contribution < -0.4 is 5.73 Å². The van der Waals surface area contributed by atoms with E-state index >= 15 is 0 Å². The second-order valence-corrected chi connectivity index (χ2v) is 7.46. The Balaban J connectivity index is 0.00000156. The molecule has 2 aliphatic heterocycles. The summed E-state index contributed by atoms with van der Waals surface area (Å²) in [6.07, 6.45) is 8.02. The lowest BCUT2D eigenvalue weighted by molar-refractivity contribution is 0.118. The molecule has 2 saturated heterocycles. The van der Waals surface area contributed by atoms with Gasteiger partial charge in [0.25, 0.3) is 0 Å². The third-order valence-corrected chi connectivity index (χ3v) is 5.40. The predicted molar refractivity (Wildman–Crippen MR) is 112 cm³/mol. The molecule has 0 saturated carbocycles. The SMILES string of the molecule is Cl.Cl.NCCc1cccc(CN2CCCC(CN3CCCCC3)C2)c1. The Morgan fingerprint density at radius 1 is 0.920 bits per heavy atom. The predicted octanol–water partition coefficient (Wildman–Crippen LogP) is 3.73. The van der Waals surface area contributed by atoms with Crippen LogP contribution in [0.2, 0.25) is 0 Å². The molecule has 0 bridgehead atoms. The summed E-state index contributed by atoms with van der Waals surface area (Å²) in [6, 6.07) is 9.01. The summed E-state index contributed by atoms with van der Waals surface area (Å²) in [6.45, 7) is 8.37. The van der Waals surface area contributed by atoms with Crippen molar-refractivity contribution in [3.63, 3.8) is 0 Å². The highest BCUT2D eigenvalue weighted by molar-refractivity contribution is 5.85. The van der Waals surface area contributed by atoms with E-state index in [1.807, 2.05) is 0 Å². The molecule has 25 heavy (non-hydrogen) atoms. The molecule has 0 spiro atoms. The number of halogens is 2. The van der Waals surface area contributed by atoms with Gasteiger partial charge in [-0.25, -0.2) is 0 Å². The van der Waals surface area contributed by atoms with E-state index in [0.717, 1.165) is 25.4 Å². The van der Waals surface area contributed by atoms with Gasteiger partial charge in [-0.3, -0.25) is 4.90 Å². The number of piperidine rings is 2. The Kier molecular flexibility index (Phi) is 11.0. The van der Waals surface area contributed by atoms with Crippen LogP contribution >= 0.6 is 24.8 Å². The molecular weight excluding hydrogens is 353 g/mol. The quantitative estimate of drug-likeness (QED) is 0.806. The van der Waals surface area contributed by atoms with Crippen molar-refractivity contribution in [1.29, 1.82) is 0 Å². The molecule has 2 aliphatic rings. The maximum Gasteiger partial charge on any atom is 0.0233 e. The van der Waals surface area contributed by atoms with Gasteiger partial charge in [-0.2, -0.15) is 0 Å². The summed E-state index contributed by atoms with van der Waals surface area (Å²) in [5, 5.41) is 0. The van der Waals surface area contributed by atoms with Crippen LogP contribution in [-0.4, -0.2) is 49.1 Å². The van der Waals surface area contributed by atoms with Crippen LogP contribution in [0.1, 0.15) is 43.2 Å². The lowest BCUT2D eigenvalue weighted by Crippen LogP contribution is -2.42. The van der Waals surface area contributed by atoms with E-state index in [0.29, 0.717) is 0 Å². The molecule has 3 rings (SSSR count). The molecule has 2 N–H and O–H groups in total. The minimum Gasteiger partial charge on any atom is -0.330 e. The van der Waals surface area contributed by atoms with Crippen LogP contribution in [-0.2, 0) is 13.0 Å². The molecule has 1 unspecified atom stereocenters. The van der Waals surface area contributed by atoms with Gasteiger partial charge < -0.3 is 10.6 Å². The minimum atomic E-state index is 0. The van der Waals surface area contributed by atoms with E-state index < -0.39 is 0 Å². The van der Waals surface area contributed by atoms with E-state index in [1.54, 1.807) is 0 Å². The van der Waals surface area contributed by atoms with Gasteiger partial charge in [-0.1, -0.05) is 30.7 Å². The topological polar surface area (TPSA) is 32.5 Å². The second kappa shape index (κ2) is 12.1. The molecule has 144 valence electrons. The first-order valence-electron chi connectivity index (χ1n) is 9.56. The van der Waals surface area contributed by atoms with Gasteiger partial charge in [-0.05, 0) is 75.3 Å². The molecule has 1 aromatic rings. The van der Waals surface area contributed by atoms with Crippen LogP contribution in [0.5, 0.6) is 0 Å². The smallest absolute Gasteiger partial charge is 0.0233 e. The first-order chi connectivity index (χ1) is 11.3. The van der Waals surface area contributed by atoms with Crippen molar-refractivity contribution >= 4 is 24.8 Å². The zero-order valence-electron chi connectivity index (χ0n) is 15.4. The summed E-state index contributed by atoms with van der Waals surface area (Å²) >= 11 is 0. The van der Waals surface area contributed by atoms with Gasteiger partial charge in [0, 0.05) is 19.6 Å². The first kappa shape index (κ1) is 22.7. The third-order valence-electron chi connectivity index (χ3n) is 5.40. The van der Waals surface area contributed by atoms with Crippen molar-refractivity contribution in [2.45, 2.75) is 45.1 Å². The van der Waals surface area contributed by atoms with Crippen molar-refractivity contribution in [2.24, 2.45) is 11.7 Å². The molecular formula is C20H35Cl2N3. The Morgan fingerprint density at radius 2 is 1.64 bits per heavy atom. The molecule has 1 aromatic carbocycles. The van der Waals surface area contributed by atoms with Gasteiger partial charge in [0.15, 0.2) is 0 Å². The largest absolute Gasteiger partial charge is 0.330 e. The number of nitrogens with two attached hydrogens (primary N) is 1. The van der Waals surface area contributed by atoms with Crippen molar-refractivity contribution in [3.8, 4) is 0 Å². The maximum atomic E-state index is 5.69. The monoisotopic (exact) mass is 387 g/mol. The average Bonchev–Trinajstić information content (AvgIpc) is 2.57. The highest BCUT2D eigenvalue weighted by atomic mass is 35.5. The Labute approximate surface area is 166 Å². The average molecular weight is 388 g/mol. The molecule has 2 heterocycles. The van der Waals surface area contributed by atoms with Gasteiger partial charge in [-0.15, -0.1) is 24.8 Å². The van der Waals surface area contributed by atoms with Gasteiger partial charge in [0.05, 0.1) is 0 Å². The Bertz CT molecular complexity index is 478. The van der Waals surface area contributed by atoms with Crippen molar-refractivity contribution in [3.05, 3.63) is 35.4 Å². The van der Waals surface area contributed by atoms with E-state index in [2.05, 4.69) is 34.1 Å². The molecule has 2 fully saturated rings. The number of hydrogen-bond acceptors (Lipinski definition) is 3. The number of nitrogens with zero attached hydrogens (tertiary/aromatic N) is 2. The summed E-state index contributed by atoms with van der Waals surface area (Å²) in [7, 11) is 0. The van der Waals surface area contributed by atoms with Crippen LogP contribution in [0.15, 0.2) is 24.3 Å². The number of hydrogen-bond donors (Lipinski definition) is 1. The van der Waals surface area contributed by atoms with Gasteiger partial charge in [0.2, 0.25) is 0 Å². The van der Waals surface area contributed by atoms with E-state index in [4.69, 9.17) is 5.73 Å². The lowest BCUT2D eigenvalue weighted by Gasteiger charge is -2.37. The second-order valence-electron chi connectivity index (χ2n) is 7.46. The number of likely N-dealkylation sites (tertiary alicyclic amines) is 2. The number of benzene rings is 1. The Morgan fingerprint density at radius 3 is 2.40 bits per heavy atom. The normalized spacial score (nSPS) is 22.0. The summed E-state index contributed by atoms with van der Waals surface area (Å²) in [5.74, 6) is 0.870. The van der Waals surface area contributed by atoms with E-state index in [1.165, 1.54) is 76.0 Å². The molecule has 3 nitrogen and oxygen atoms in total. The molecule has 0 amide bonds. The van der Waals surface area contributed by atoms with Crippen LogP contribution in [0, 0.1) is 5.92 Å². The summed E-state index contributed by atoms with van der Waals surface area (Å²) in [4.78, 5) is 5.37. The van der Waals surface area contributed by atoms with Crippen LogP contribution in [0.25, 0.3) is 0 Å².